The summed E-state index contributed by atoms with van der Waals surface area (Å²) in [6.45, 7) is 7.09. The lowest BCUT2D eigenvalue weighted by atomic mass is 10.1. The highest BCUT2D eigenvalue weighted by molar-refractivity contribution is 5.47. The monoisotopic (exact) mass is 222 g/mol. The summed E-state index contributed by atoms with van der Waals surface area (Å²) in [6, 6.07) is 2.00. The minimum Gasteiger partial charge on any atom is -0.389 e. The Morgan fingerprint density at radius 2 is 2.12 bits per heavy atom. The molecule has 0 bridgehead atoms. The molecular formula is C12H18N2O2. The molecule has 1 fully saturated rings. The summed E-state index contributed by atoms with van der Waals surface area (Å²) in [4.78, 5) is 6.66. The zero-order chi connectivity index (χ0) is 11.5. The van der Waals surface area contributed by atoms with Gasteiger partial charge in [0.05, 0.1) is 19.3 Å². The third-order valence-corrected chi connectivity index (χ3v) is 2.86. The normalized spacial score (nSPS) is 18.6. The fourth-order valence-corrected chi connectivity index (χ4v) is 1.92. The summed E-state index contributed by atoms with van der Waals surface area (Å²) in [6.07, 6.45) is 1.30. The largest absolute Gasteiger partial charge is 0.389 e. The van der Waals surface area contributed by atoms with Crippen LogP contribution in [0.15, 0.2) is 12.3 Å². The minimum atomic E-state index is -0.454. The standard InChI is InChI=1S/C12H18N2O2/c1-9-7-11(10(2)15)8-13-12(9)14-3-5-16-6-4-14/h7-8,10,15H,3-6H2,1-2H3/t10-/m1/s1. The van der Waals surface area contributed by atoms with Gasteiger partial charge >= 0.3 is 0 Å². The molecule has 0 aromatic carbocycles. The summed E-state index contributed by atoms with van der Waals surface area (Å²) in [5, 5.41) is 9.48. The maximum atomic E-state index is 9.48. The van der Waals surface area contributed by atoms with Crippen LogP contribution >= 0.6 is 0 Å². The van der Waals surface area contributed by atoms with Gasteiger partial charge in [-0.2, -0.15) is 0 Å². The van der Waals surface area contributed by atoms with Crippen LogP contribution in [0.4, 0.5) is 5.82 Å². The first kappa shape index (κ1) is 11.4. The number of aromatic nitrogens is 1. The number of hydrogen-bond donors (Lipinski definition) is 1. The Bertz CT molecular complexity index is 360. The Balaban J connectivity index is 2.21. The van der Waals surface area contributed by atoms with Crippen molar-refractivity contribution in [3.05, 3.63) is 23.4 Å². The molecule has 1 saturated heterocycles. The zero-order valence-corrected chi connectivity index (χ0v) is 9.81. The topological polar surface area (TPSA) is 45.6 Å². The van der Waals surface area contributed by atoms with E-state index in [1.165, 1.54) is 0 Å². The van der Waals surface area contributed by atoms with Gasteiger partial charge in [-0.05, 0) is 31.0 Å². The first-order chi connectivity index (χ1) is 7.68. The van der Waals surface area contributed by atoms with E-state index in [9.17, 15) is 5.11 Å². The van der Waals surface area contributed by atoms with Crippen LogP contribution in [0.5, 0.6) is 0 Å². The first-order valence-electron chi connectivity index (χ1n) is 5.66. The Hall–Kier alpha value is -1.13. The smallest absolute Gasteiger partial charge is 0.131 e. The van der Waals surface area contributed by atoms with Crippen molar-refractivity contribution >= 4 is 5.82 Å². The molecule has 0 unspecified atom stereocenters. The van der Waals surface area contributed by atoms with Crippen LogP contribution in [0.25, 0.3) is 0 Å². The van der Waals surface area contributed by atoms with E-state index in [2.05, 4.69) is 9.88 Å². The van der Waals surface area contributed by atoms with Gasteiger partial charge in [-0.3, -0.25) is 0 Å². The van der Waals surface area contributed by atoms with Crippen LogP contribution < -0.4 is 4.90 Å². The Labute approximate surface area is 95.9 Å². The van der Waals surface area contributed by atoms with Crippen LogP contribution in [0.2, 0.25) is 0 Å². The lowest BCUT2D eigenvalue weighted by Crippen LogP contribution is -2.37. The number of aryl methyl sites for hydroxylation is 1. The number of aliphatic hydroxyl groups excluding tert-OH is 1. The number of ether oxygens (including phenoxy) is 1. The van der Waals surface area contributed by atoms with Crippen LogP contribution in [-0.4, -0.2) is 36.4 Å². The lowest BCUT2D eigenvalue weighted by molar-refractivity contribution is 0.122. The average Bonchev–Trinajstić information content (AvgIpc) is 2.30. The van der Waals surface area contributed by atoms with Crippen molar-refractivity contribution in [2.75, 3.05) is 31.2 Å². The van der Waals surface area contributed by atoms with Crippen LogP contribution in [0.1, 0.15) is 24.2 Å². The number of anilines is 1. The molecular weight excluding hydrogens is 204 g/mol. The van der Waals surface area contributed by atoms with Crippen molar-refractivity contribution in [1.82, 2.24) is 4.98 Å². The number of rotatable bonds is 2. The molecule has 1 aliphatic heterocycles. The van der Waals surface area contributed by atoms with Gasteiger partial charge in [-0.1, -0.05) is 0 Å². The summed E-state index contributed by atoms with van der Waals surface area (Å²) in [5.41, 5.74) is 1.98. The van der Waals surface area contributed by atoms with Crippen LogP contribution in [0.3, 0.4) is 0 Å². The summed E-state index contributed by atoms with van der Waals surface area (Å²) in [7, 11) is 0. The number of morpholine rings is 1. The van der Waals surface area contributed by atoms with E-state index in [1.807, 2.05) is 13.0 Å². The van der Waals surface area contributed by atoms with E-state index in [1.54, 1.807) is 13.1 Å². The third-order valence-electron chi connectivity index (χ3n) is 2.86. The second-order valence-corrected chi connectivity index (χ2v) is 4.18. The Morgan fingerprint density at radius 1 is 1.44 bits per heavy atom. The van der Waals surface area contributed by atoms with Gasteiger partial charge in [0.1, 0.15) is 5.82 Å². The van der Waals surface area contributed by atoms with E-state index in [4.69, 9.17) is 4.74 Å². The van der Waals surface area contributed by atoms with Gasteiger partial charge in [-0.25, -0.2) is 4.98 Å². The molecule has 0 radical (unpaired) electrons. The van der Waals surface area contributed by atoms with Crippen molar-refractivity contribution in [2.45, 2.75) is 20.0 Å². The molecule has 16 heavy (non-hydrogen) atoms. The Morgan fingerprint density at radius 3 is 2.69 bits per heavy atom. The molecule has 4 heteroatoms. The predicted octanol–water partition coefficient (Wildman–Crippen LogP) is 1.28. The molecule has 1 N–H and O–H groups in total. The van der Waals surface area contributed by atoms with E-state index in [-0.39, 0.29) is 0 Å². The molecule has 0 spiro atoms. The second-order valence-electron chi connectivity index (χ2n) is 4.18. The van der Waals surface area contributed by atoms with Gasteiger partial charge in [0, 0.05) is 19.3 Å². The minimum absolute atomic E-state index is 0.454. The highest BCUT2D eigenvalue weighted by atomic mass is 16.5. The van der Waals surface area contributed by atoms with Gasteiger partial charge in [0.25, 0.3) is 0 Å². The SMILES string of the molecule is Cc1cc([C@@H](C)O)cnc1N1CCOCC1. The highest BCUT2D eigenvalue weighted by Crippen LogP contribution is 2.21. The van der Waals surface area contributed by atoms with Crippen molar-refractivity contribution < 1.29 is 9.84 Å². The quantitative estimate of drug-likeness (QED) is 0.818. The van der Waals surface area contributed by atoms with Crippen molar-refractivity contribution in [1.29, 1.82) is 0 Å². The molecule has 1 aliphatic rings. The molecule has 1 aromatic heterocycles. The number of hydrogen-bond acceptors (Lipinski definition) is 4. The second kappa shape index (κ2) is 4.80. The molecule has 2 rings (SSSR count). The van der Waals surface area contributed by atoms with Crippen LogP contribution in [-0.2, 0) is 4.74 Å². The lowest BCUT2D eigenvalue weighted by Gasteiger charge is -2.29. The fourth-order valence-electron chi connectivity index (χ4n) is 1.92. The first-order valence-corrected chi connectivity index (χ1v) is 5.66. The molecule has 0 saturated carbocycles. The maximum Gasteiger partial charge on any atom is 0.131 e. The molecule has 1 atom stereocenters. The van der Waals surface area contributed by atoms with Gasteiger partial charge in [-0.15, -0.1) is 0 Å². The van der Waals surface area contributed by atoms with Gasteiger partial charge in [0.2, 0.25) is 0 Å². The van der Waals surface area contributed by atoms with Crippen LogP contribution in [0, 0.1) is 6.92 Å². The molecule has 0 aliphatic carbocycles. The number of aliphatic hydroxyl groups is 1. The van der Waals surface area contributed by atoms with Crippen molar-refractivity contribution in [3.8, 4) is 0 Å². The number of pyridine rings is 1. The Kier molecular flexibility index (Phi) is 3.41. The van der Waals surface area contributed by atoms with Gasteiger partial charge < -0.3 is 14.7 Å². The molecule has 0 amide bonds. The fraction of sp³-hybridized carbons (Fsp3) is 0.583. The average molecular weight is 222 g/mol. The third kappa shape index (κ3) is 2.33. The van der Waals surface area contributed by atoms with E-state index in [0.29, 0.717) is 0 Å². The molecule has 2 heterocycles. The predicted molar refractivity (Wildman–Crippen MR) is 62.6 cm³/mol. The van der Waals surface area contributed by atoms with Gasteiger partial charge in [0.15, 0.2) is 0 Å². The summed E-state index contributed by atoms with van der Waals surface area (Å²) >= 11 is 0. The van der Waals surface area contributed by atoms with E-state index < -0.39 is 6.10 Å². The summed E-state index contributed by atoms with van der Waals surface area (Å²) < 4.78 is 5.31. The maximum absolute atomic E-state index is 9.48. The van der Waals surface area contributed by atoms with Crippen molar-refractivity contribution in [3.63, 3.8) is 0 Å². The highest BCUT2D eigenvalue weighted by Gasteiger charge is 2.15. The molecule has 1 aromatic rings. The molecule has 4 nitrogen and oxygen atoms in total. The zero-order valence-electron chi connectivity index (χ0n) is 9.81. The van der Waals surface area contributed by atoms with Crippen molar-refractivity contribution in [2.24, 2.45) is 0 Å². The number of nitrogens with zero attached hydrogens (tertiary/aromatic N) is 2. The summed E-state index contributed by atoms with van der Waals surface area (Å²) in [5.74, 6) is 1.01. The van der Waals surface area contributed by atoms with E-state index >= 15 is 0 Å². The molecule has 88 valence electrons. The van der Waals surface area contributed by atoms with E-state index in [0.717, 1.165) is 43.2 Å².